The molecule has 1 saturated heterocycles. The summed E-state index contributed by atoms with van der Waals surface area (Å²) in [6.07, 6.45) is -4.96. The molecule has 1 fully saturated rings. The molecule has 1 rings (SSSR count). The zero-order valence-corrected chi connectivity index (χ0v) is 7.45. The molecule has 4 atom stereocenters. The predicted molar refractivity (Wildman–Crippen MR) is 40.9 cm³/mol. The fourth-order valence-corrected chi connectivity index (χ4v) is 1.16. The summed E-state index contributed by atoms with van der Waals surface area (Å²) < 4.78 is 8.71. The van der Waals surface area contributed by atoms with Crippen molar-refractivity contribution < 1.29 is 34.7 Å². The second-order valence-electron chi connectivity index (χ2n) is 3.00. The first-order valence-corrected chi connectivity index (χ1v) is 3.92. The quantitative estimate of drug-likeness (QED) is 0.338. The van der Waals surface area contributed by atoms with E-state index in [2.05, 4.69) is 9.47 Å². The molecule has 0 radical (unpaired) electrons. The first kappa shape index (κ1) is 11.3. The van der Waals surface area contributed by atoms with Crippen LogP contribution in [0.4, 0.5) is 0 Å². The van der Waals surface area contributed by atoms with Gasteiger partial charge in [-0.05, 0) is 0 Å². The van der Waals surface area contributed by atoms with Gasteiger partial charge < -0.3 is 29.9 Å². The number of carbonyl (C=O) groups is 1. The average Bonchev–Trinajstić information content (AvgIpc) is 2.19. The standard InChI is InChI=1S/C7H12O7/c1-13-6(11)7(12)5(10)4(9)3(8)2-14-7/h3-5,8-10,12H,2H2,1H3/t3-,4-,5+,7?/m1/s1. The second kappa shape index (κ2) is 3.79. The Bertz CT molecular complexity index is 230. The first-order valence-electron chi connectivity index (χ1n) is 3.92. The Labute approximate surface area is 79.5 Å². The van der Waals surface area contributed by atoms with E-state index >= 15 is 0 Å². The van der Waals surface area contributed by atoms with Crippen LogP contribution < -0.4 is 0 Å². The van der Waals surface area contributed by atoms with Crippen LogP contribution in [0, 0.1) is 0 Å². The van der Waals surface area contributed by atoms with Crippen LogP contribution in [0.15, 0.2) is 0 Å². The van der Waals surface area contributed by atoms with Crippen LogP contribution in [0.5, 0.6) is 0 Å². The summed E-state index contributed by atoms with van der Waals surface area (Å²) in [5.74, 6) is -3.84. The van der Waals surface area contributed by atoms with Gasteiger partial charge in [0, 0.05) is 0 Å². The Hall–Kier alpha value is -0.730. The third-order valence-electron chi connectivity index (χ3n) is 2.07. The lowest BCUT2D eigenvalue weighted by Gasteiger charge is -2.39. The van der Waals surface area contributed by atoms with E-state index in [1.165, 1.54) is 0 Å². The zero-order chi connectivity index (χ0) is 10.9. The molecule has 82 valence electrons. The molecular weight excluding hydrogens is 196 g/mol. The highest BCUT2D eigenvalue weighted by Crippen LogP contribution is 2.24. The second-order valence-corrected chi connectivity index (χ2v) is 3.00. The smallest absolute Gasteiger partial charge is 0.369 e. The van der Waals surface area contributed by atoms with Gasteiger partial charge in [0.1, 0.15) is 18.3 Å². The number of hydrogen-bond donors (Lipinski definition) is 4. The minimum atomic E-state index is -2.62. The van der Waals surface area contributed by atoms with Crippen molar-refractivity contribution in [2.75, 3.05) is 13.7 Å². The topological polar surface area (TPSA) is 116 Å². The van der Waals surface area contributed by atoms with Gasteiger partial charge in [0.2, 0.25) is 0 Å². The maximum atomic E-state index is 11.0. The van der Waals surface area contributed by atoms with Crippen LogP contribution in [-0.2, 0) is 14.3 Å². The first-order chi connectivity index (χ1) is 6.43. The molecule has 0 aliphatic carbocycles. The van der Waals surface area contributed by atoms with Crippen LogP contribution in [-0.4, -0.2) is 64.2 Å². The molecule has 0 saturated carbocycles. The van der Waals surface area contributed by atoms with Gasteiger partial charge in [-0.3, -0.25) is 0 Å². The maximum absolute atomic E-state index is 11.0. The molecule has 1 heterocycles. The summed E-state index contributed by atoms with van der Waals surface area (Å²) in [5, 5.41) is 37.0. The lowest BCUT2D eigenvalue weighted by Crippen LogP contribution is -2.64. The maximum Gasteiger partial charge on any atom is 0.369 e. The van der Waals surface area contributed by atoms with Crippen molar-refractivity contribution in [2.45, 2.75) is 24.1 Å². The minimum Gasteiger partial charge on any atom is -0.465 e. The van der Waals surface area contributed by atoms with Crippen LogP contribution in [0.3, 0.4) is 0 Å². The van der Waals surface area contributed by atoms with Gasteiger partial charge in [-0.2, -0.15) is 0 Å². The number of carbonyl (C=O) groups excluding carboxylic acids is 1. The highest BCUT2D eigenvalue weighted by atomic mass is 16.7. The Balaban J connectivity index is 2.85. The Morgan fingerprint density at radius 3 is 2.57 bits per heavy atom. The zero-order valence-electron chi connectivity index (χ0n) is 7.45. The highest BCUT2D eigenvalue weighted by molar-refractivity contribution is 5.78. The van der Waals surface area contributed by atoms with E-state index in [1.54, 1.807) is 0 Å². The molecule has 0 aromatic rings. The number of rotatable bonds is 1. The summed E-state index contributed by atoms with van der Waals surface area (Å²) in [4.78, 5) is 11.0. The van der Waals surface area contributed by atoms with Crippen molar-refractivity contribution in [2.24, 2.45) is 0 Å². The third-order valence-corrected chi connectivity index (χ3v) is 2.07. The van der Waals surface area contributed by atoms with Crippen molar-refractivity contribution in [3.05, 3.63) is 0 Å². The Morgan fingerprint density at radius 1 is 1.50 bits per heavy atom. The molecule has 1 unspecified atom stereocenters. The van der Waals surface area contributed by atoms with Gasteiger partial charge in [-0.1, -0.05) is 0 Å². The molecule has 0 spiro atoms. The van der Waals surface area contributed by atoms with Crippen molar-refractivity contribution in [1.29, 1.82) is 0 Å². The van der Waals surface area contributed by atoms with Gasteiger partial charge in [0.25, 0.3) is 5.79 Å². The molecular formula is C7H12O7. The number of aliphatic hydroxyl groups is 4. The van der Waals surface area contributed by atoms with Gasteiger partial charge >= 0.3 is 5.97 Å². The van der Waals surface area contributed by atoms with E-state index in [0.717, 1.165) is 7.11 Å². The van der Waals surface area contributed by atoms with Crippen molar-refractivity contribution in [3.8, 4) is 0 Å². The Morgan fingerprint density at radius 2 is 2.07 bits per heavy atom. The predicted octanol–water partition coefficient (Wildman–Crippen LogP) is -3.04. The van der Waals surface area contributed by atoms with Gasteiger partial charge in [-0.15, -0.1) is 0 Å². The normalized spacial score (nSPS) is 43.4. The van der Waals surface area contributed by atoms with Crippen LogP contribution >= 0.6 is 0 Å². The van der Waals surface area contributed by atoms with E-state index in [9.17, 15) is 20.1 Å². The summed E-state index contributed by atoms with van der Waals surface area (Å²) in [7, 11) is 0.994. The molecule has 14 heavy (non-hydrogen) atoms. The average molecular weight is 208 g/mol. The molecule has 0 aromatic heterocycles. The van der Waals surface area contributed by atoms with E-state index in [0.29, 0.717) is 0 Å². The fraction of sp³-hybridized carbons (Fsp3) is 0.857. The van der Waals surface area contributed by atoms with Crippen LogP contribution in [0.25, 0.3) is 0 Å². The molecule has 1 aliphatic rings. The number of methoxy groups -OCH3 is 1. The molecule has 0 amide bonds. The number of ether oxygens (including phenoxy) is 2. The minimum absolute atomic E-state index is 0.468. The van der Waals surface area contributed by atoms with Crippen molar-refractivity contribution >= 4 is 5.97 Å². The van der Waals surface area contributed by atoms with E-state index in [1.807, 2.05) is 0 Å². The summed E-state index contributed by atoms with van der Waals surface area (Å²) in [6, 6.07) is 0. The molecule has 4 N–H and O–H groups in total. The lowest BCUT2D eigenvalue weighted by molar-refractivity contribution is -0.312. The number of hydrogen-bond acceptors (Lipinski definition) is 7. The molecule has 1 aliphatic heterocycles. The Kier molecular flexibility index (Phi) is 3.07. The molecule has 7 heteroatoms. The molecule has 0 aromatic carbocycles. The summed E-state index contributed by atoms with van der Waals surface area (Å²) in [5.41, 5.74) is 0. The van der Waals surface area contributed by atoms with Crippen LogP contribution in [0.1, 0.15) is 0 Å². The molecule has 7 nitrogen and oxygen atoms in total. The van der Waals surface area contributed by atoms with Gasteiger partial charge in [-0.25, -0.2) is 4.79 Å². The number of esters is 1. The number of aliphatic hydroxyl groups excluding tert-OH is 3. The summed E-state index contributed by atoms with van der Waals surface area (Å²) in [6.45, 7) is -0.468. The fourth-order valence-electron chi connectivity index (χ4n) is 1.16. The van der Waals surface area contributed by atoms with Crippen molar-refractivity contribution in [1.82, 2.24) is 0 Å². The van der Waals surface area contributed by atoms with Gasteiger partial charge in [0.15, 0.2) is 0 Å². The highest BCUT2D eigenvalue weighted by Gasteiger charge is 2.54. The van der Waals surface area contributed by atoms with Gasteiger partial charge in [0.05, 0.1) is 13.7 Å². The SMILES string of the molecule is COC(=O)C1(O)OC[C@@H](O)[C@@H](O)[C@@H]1O. The van der Waals surface area contributed by atoms with Crippen LogP contribution in [0.2, 0.25) is 0 Å². The third kappa shape index (κ3) is 1.60. The van der Waals surface area contributed by atoms with E-state index < -0.39 is 36.7 Å². The van der Waals surface area contributed by atoms with E-state index in [4.69, 9.17) is 5.11 Å². The largest absolute Gasteiger partial charge is 0.465 e. The van der Waals surface area contributed by atoms with Crippen molar-refractivity contribution in [3.63, 3.8) is 0 Å². The van der Waals surface area contributed by atoms with E-state index in [-0.39, 0.29) is 0 Å². The summed E-state index contributed by atoms with van der Waals surface area (Å²) >= 11 is 0. The molecule has 0 bridgehead atoms. The monoisotopic (exact) mass is 208 g/mol. The lowest BCUT2D eigenvalue weighted by atomic mass is 9.97.